The van der Waals surface area contributed by atoms with Crippen LogP contribution in [0, 0.1) is 5.92 Å². The van der Waals surface area contributed by atoms with E-state index in [1.54, 1.807) is 0 Å². The average Bonchev–Trinajstić information content (AvgIpc) is 2.46. The molecule has 0 aliphatic heterocycles. The van der Waals surface area contributed by atoms with Crippen LogP contribution in [0.15, 0.2) is 0 Å². The van der Waals surface area contributed by atoms with Crippen molar-refractivity contribution in [2.75, 3.05) is 14.2 Å². The molecule has 0 spiro atoms. The van der Waals surface area contributed by atoms with Crippen LogP contribution in [0.3, 0.4) is 0 Å². The minimum absolute atomic E-state index is 0.0931. The highest BCUT2D eigenvalue weighted by Crippen LogP contribution is 2.38. The Labute approximate surface area is 127 Å². The van der Waals surface area contributed by atoms with Gasteiger partial charge in [-0.05, 0) is 32.2 Å². The van der Waals surface area contributed by atoms with Crippen LogP contribution in [0.1, 0.15) is 84.5 Å². The largest absolute Gasteiger partial charge is 0.377 e. The maximum atomic E-state index is 6.04. The van der Waals surface area contributed by atoms with Gasteiger partial charge >= 0.3 is 0 Å². The fraction of sp³-hybridized carbons (Fsp3) is 1.00. The van der Waals surface area contributed by atoms with Gasteiger partial charge in [0.05, 0.1) is 5.60 Å². The molecule has 120 valence electrons. The maximum Gasteiger partial charge on any atom is 0.0833 e. The van der Waals surface area contributed by atoms with E-state index in [4.69, 9.17) is 4.74 Å². The number of hydrogen-bond acceptors (Lipinski definition) is 2. The van der Waals surface area contributed by atoms with Gasteiger partial charge in [0.15, 0.2) is 0 Å². The molecule has 0 saturated heterocycles. The molecule has 0 aromatic carbocycles. The molecule has 0 bridgehead atoms. The van der Waals surface area contributed by atoms with Gasteiger partial charge in [0, 0.05) is 13.2 Å². The van der Waals surface area contributed by atoms with Crippen molar-refractivity contribution >= 4 is 0 Å². The summed E-state index contributed by atoms with van der Waals surface area (Å²) in [5, 5.41) is 3.56. The topological polar surface area (TPSA) is 21.3 Å². The second kappa shape index (κ2) is 9.78. The van der Waals surface area contributed by atoms with E-state index in [0.29, 0.717) is 6.04 Å². The first-order valence-electron chi connectivity index (χ1n) is 8.91. The first-order chi connectivity index (χ1) is 9.68. The van der Waals surface area contributed by atoms with Crippen LogP contribution in [-0.4, -0.2) is 25.8 Å². The Morgan fingerprint density at radius 1 is 1.20 bits per heavy atom. The minimum Gasteiger partial charge on any atom is -0.377 e. The zero-order valence-corrected chi connectivity index (χ0v) is 14.3. The minimum atomic E-state index is 0.0931. The lowest BCUT2D eigenvalue weighted by atomic mass is 9.73. The standard InChI is InChI=1S/C18H37NO/c1-5-6-7-8-9-10-13-17(19-3)18(20-4)14-11-12-16(2)15-18/h16-17,19H,5-15H2,1-4H3. The van der Waals surface area contributed by atoms with Crippen LogP contribution in [0.4, 0.5) is 0 Å². The van der Waals surface area contributed by atoms with Gasteiger partial charge in [-0.1, -0.05) is 65.2 Å². The third-order valence-electron chi connectivity index (χ3n) is 5.23. The summed E-state index contributed by atoms with van der Waals surface area (Å²) in [6, 6.07) is 0.529. The van der Waals surface area contributed by atoms with Gasteiger partial charge in [-0.2, -0.15) is 0 Å². The van der Waals surface area contributed by atoms with E-state index >= 15 is 0 Å². The Morgan fingerprint density at radius 3 is 2.50 bits per heavy atom. The fourth-order valence-corrected chi connectivity index (χ4v) is 3.99. The monoisotopic (exact) mass is 283 g/mol. The molecule has 1 N–H and O–H groups in total. The van der Waals surface area contributed by atoms with Gasteiger partial charge in [0.2, 0.25) is 0 Å². The smallest absolute Gasteiger partial charge is 0.0833 e. The highest BCUT2D eigenvalue weighted by atomic mass is 16.5. The number of nitrogens with one attached hydrogen (secondary N) is 1. The quantitative estimate of drug-likeness (QED) is 0.575. The summed E-state index contributed by atoms with van der Waals surface area (Å²) in [7, 11) is 4.03. The summed E-state index contributed by atoms with van der Waals surface area (Å²) in [5.74, 6) is 0.809. The molecule has 2 heteroatoms. The van der Waals surface area contributed by atoms with Gasteiger partial charge in [-0.15, -0.1) is 0 Å². The first kappa shape index (κ1) is 18.0. The van der Waals surface area contributed by atoms with Crippen molar-refractivity contribution in [1.82, 2.24) is 5.32 Å². The molecule has 3 unspecified atom stereocenters. The predicted molar refractivity (Wildman–Crippen MR) is 88.2 cm³/mol. The van der Waals surface area contributed by atoms with Crippen molar-refractivity contribution in [3.63, 3.8) is 0 Å². The van der Waals surface area contributed by atoms with E-state index in [0.717, 1.165) is 5.92 Å². The summed E-state index contributed by atoms with van der Waals surface area (Å²) in [6.07, 6.45) is 14.7. The van der Waals surface area contributed by atoms with Crippen molar-refractivity contribution in [3.8, 4) is 0 Å². The number of rotatable bonds is 10. The van der Waals surface area contributed by atoms with Crippen molar-refractivity contribution < 1.29 is 4.74 Å². The number of ether oxygens (including phenoxy) is 1. The fourth-order valence-electron chi connectivity index (χ4n) is 3.99. The Kier molecular flexibility index (Phi) is 8.79. The zero-order chi connectivity index (χ0) is 14.8. The van der Waals surface area contributed by atoms with Crippen LogP contribution in [0.2, 0.25) is 0 Å². The normalized spacial score (nSPS) is 28.5. The number of hydrogen-bond donors (Lipinski definition) is 1. The Morgan fingerprint density at radius 2 is 1.90 bits per heavy atom. The second-order valence-corrected chi connectivity index (χ2v) is 6.87. The molecule has 1 aliphatic rings. The molecule has 0 heterocycles. The van der Waals surface area contributed by atoms with Gasteiger partial charge < -0.3 is 10.1 Å². The van der Waals surface area contributed by atoms with E-state index in [-0.39, 0.29) is 5.60 Å². The molecule has 2 nitrogen and oxygen atoms in total. The zero-order valence-electron chi connectivity index (χ0n) is 14.3. The van der Waals surface area contributed by atoms with Crippen LogP contribution in [0.5, 0.6) is 0 Å². The molecule has 1 saturated carbocycles. The molecule has 0 aromatic heterocycles. The average molecular weight is 284 g/mol. The van der Waals surface area contributed by atoms with E-state index in [2.05, 4.69) is 26.2 Å². The summed E-state index contributed by atoms with van der Waals surface area (Å²) in [5.41, 5.74) is 0.0931. The Hall–Kier alpha value is -0.0800. The van der Waals surface area contributed by atoms with Gasteiger partial charge in [-0.25, -0.2) is 0 Å². The molecular formula is C18H37NO. The number of unbranched alkanes of at least 4 members (excludes halogenated alkanes) is 5. The lowest BCUT2D eigenvalue weighted by Gasteiger charge is -2.44. The molecule has 1 aliphatic carbocycles. The highest BCUT2D eigenvalue weighted by molar-refractivity contribution is 4.96. The molecule has 1 fully saturated rings. The van der Waals surface area contributed by atoms with Crippen molar-refractivity contribution in [2.24, 2.45) is 5.92 Å². The summed E-state index contributed by atoms with van der Waals surface area (Å²) in [4.78, 5) is 0. The highest BCUT2D eigenvalue weighted by Gasteiger charge is 2.40. The molecule has 20 heavy (non-hydrogen) atoms. The SMILES string of the molecule is CCCCCCCCC(NC)C1(OC)CCCC(C)C1. The predicted octanol–water partition coefficient (Wildman–Crippen LogP) is 4.92. The maximum absolute atomic E-state index is 6.04. The third kappa shape index (κ3) is 5.37. The van der Waals surface area contributed by atoms with Crippen LogP contribution in [0.25, 0.3) is 0 Å². The second-order valence-electron chi connectivity index (χ2n) is 6.87. The molecule has 3 atom stereocenters. The van der Waals surface area contributed by atoms with Crippen molar-refractivity contribution in [1.29, 1.82) is 0 Å². The summed E-state index contributed by atoms with van der Waals surface area (Å²) in [6.45, 7) is 4.66. The van der Waals surface area contributed by atoms with Crippen molar-refractivity contribution in [3.05, 3.63) is 0 Å². The van der Waals surface area contributed by atoms with Crippen molar-refractivity contribution in [2.45, 2.75) is 96.1 Å². The van der Waals surface area contributed by atoms with E-state index in [1.807, 2.05) is 7.11 Å². The number of methoxy groups -OCH3 is 1. The van der Waals surface area contributed by atoms with Gasteiger partial charge in [0.1, 0.15) is 0 Å². The third-order valence-corrected chi connectivity index (χ3v) is 5.23. The molecule has 0 radical (unpaired) electrons. The van der Waals surface area contributed by atoms with Crippen LogP contribution in [-0.2, 0) is 4.74 Å². The molecular weight excluding hydrogens is 246 g/mol. The number of likely N-dealkylation sites (N-methyl/N-ethyl adjacent to an activating group) is 1. The summed E-state index contributed by atoms with van der Waals surface area (Å²) < 4.78 is 6.04. The van der Waals surface area contributed by atoms with Gasteiger partial charge in [0.25, 0.3) is 0 Å². The lowest BCUT2D eigenvalue weighted by Crippen LogP contribution is -2.53. The molecule has 1 rings (SSSR count). The van der Waals surface area contributed by atoms with E-state index < -0.39 is 0 Å². The Bertz CT molecular complexity index is 244. The molecule has 0 amide bonds. The Balaban J connectivity index is 2.38. The van der Waals surface area contributed by atoms with E-state index in [1.165, 1.54) is 70.6 Å². The lowest BCUT2D eigenvalue weighted by molar-refractivity contribution is -0.0798. The first-order valence-corrected chi connectivity index (χ1v) is 8.91. The summed E-state index contributed by atoms with van der Waals surface area (Å²) >= 11 is 0. The van der Waals surface area contributed by atoms with Crippen LogP contribution >= 0.6 is 0 Å². The van der Waals surface area contributed by atoms with Crippen LogP contribution < -0.4 is 5.32 Å². The van der Waals surface area contributed by atoms with E-state index in [9.17, 15) is 0 Å². The van der Waals surface area contributed by atoms with Gasteiger partial charge in [-0.3, -0.25) is 0 Å². The molecule has 0 aromatic rings.